The molecule has 1 aliphatic rings. The molecule has 2 rings (SSSR count). The van der Waals surface area contributed by atoms with Crippen LogP contribution >= 0.6 is 0 Å². The maximum absolute atomic E-state index is 12.8. The van der Waals surface area contributed by atoms with Crippen LogP contribution in [0.1, 0.15) is 43.6 Å². The Balaban J connectivity index is 2.27. The number of aromatic nitrogens is 2. The lowest BCUT2D eigenvalue weighted by molar-refractivity contribution is -0.143. The molecule has 0 aliphatic carbocycles. The fraction of sp³-hybridized carbons (Fsp3) is 0.692. The zero-order valence-corrected chi connectivity index (χ0v) is 12.1. The van der Waals surface area contributed by atoms with Crippen LogP contribution in [0.4, 0.5) is 13.2 Å². The van der Waals surface area contributed by atoms with E-state index in [4.69, 9.17) is 0 Å². The summed E-state index contributed by atoms with van der Waals surface area (Å²) in [4.78, 5) is 11.5. The average molecular weight is 305 g/mol. The molecule has 2 unspecified atom stereocenters. The van der Waals surface area contributed by atoms with Crippen molar-refractivity contribution in [3.63, 3.8) is 0 Å². The van der Waals surface area contributed by atoms with Crippen LogP contribution in [-0.4, -0.2) is 35.4 Å². The fourth-order valence-corrected chi connectivity index (χ4v) is 2.50. The predicted octanol–water partition coefficient (Wildman–Crippen LogP) is 2.10. The van der Waals surface area contributed by atoms with Crippen molar-refractivity contribution in [2.45, 2.75) is 44.4 Å². The number of rotatable bonds is 3. The summed E-state index contributed by atoms with van der Waals surface area (Å²) in [6.07, 6.45) is -4.10. The Bertz CT molecular complexity index is 525. The Morgan fingerprint density at radius 2 is 2.19 bits per heavy atom. The molecule has 1 aliphatic heterocycles. The topological polar surface area (TPSA) is 56.2 Å². The summed E-state index contributed by atoms with van der Waals surface area (Å²) in [6, 6.07) is 0.289. The van der Waals surface area contributed by atoms with E-state index in [1.807, 2.05) is 13.8 Å². The van der Waals surface area contributed by atoms with Gasteiger partial charge in [0.2, 0.25) is 0 Å². The molecule has 118 valence electrons. The van der Waals surface area contributed by atoms with Gasteiger partial charge >= 0.3 is 12.1 Å². The van der Waals surface area contributed by atoms with Gasteiger partial charge in [0.05, 0.1) is 13.2 Å². The van der Waals surface area contributed by atoms with E-state index < -0.39 is 23.9 Å². The molecular weight excluding hydrogens is 287 g/mol. The van der Waals surface area contributed by atoms with E-state index in [0.29, 0.717) is 18.7 Å². The molecule has 8 heteroatoms. The highest BCUT2D eigenvalue weighted by atomic mass is 19.4. The third-order valence-corrected chi connectivity index (χ3v) is 3.59. The van der Waals surface area contributed by atoms with Gasteiger partial charge in [-0.15, -0.1) is 0 Å². The van der Waals surface area contributed by atoms with Crippen molar-refractivity contribution in [2.24, 2.45) is 0 Å². The van der Waals surface area contributed by atoms with Gasteiger partial charge in [0.1, 0.15) is 6.04 Å². The number of methoxy groups -OCH3 is 1. The van der Waals surface area contributed by atoms with Gasteiger partial charge in [-0.2, -0.15) is 18.3 Å². The quantitative estimate of drug-likeness (QED) is 0.869. The van der Waals surface area contributed by atoms with Crippen LogP contribution in [0.2, 0.25) is 0 Å². The lowest BCUT2D eigenvalue weighted by Gasteiger charge is -2.15. The molecule has 1 saturated heterocycles. The van der Waals surface area contributed by atoms with Gasteiger partial charge in [0, 0.05) is 12.2 Å². The predicted molar refractivity (Wildman–Crippen MR) is 68.8 cm³/mol. The van der Waals surface area contributed by atoms with Gasteiger partial charge in [0.15, 0.2) is 5.69 Å². The molecule has 2 atom stereocenters. The molecule has 0 aromatic carbocycles. The highest BCUT2D eigenvalue weighted by Crippen LogP contribution is 2.33. The van der Waals surface area contributed by atoms with Gasteiger partial charge in [0.25, 0.3) is 0 Å². The number of carbonyl (C=O) groups is 1. The maximum Gasteiger partial charge on any atom is 0.435 e. The third-order valence-electron chi connectivity index (χ3n) is 3.59. The average Bonchev–Trinajstić information content (AvgIpc) is 3.02. The Kier molecular flexibility index (Phi) is 4.27. The molecule has 21 heavy (non-hydrogen) atoms. The smallest absolute Gasteiger partial charge is 0.435 e. The van der Waals surface area contributed by atoms with E-state index >= 15 is 0 Å². The largest absolute Gasteiger partial charge is 0.468 e. The Labute approximate surface area is 120 Å². The summed E-state index contributed by atoms with van der Waals surface area (Å²) in [7, 11) is 1.28. The molecule has 0 saturated carbocycles. The monoisotopic (exact) mass is 305 g/mol. The van der Waals surface area contributed by atoms with Crippen molar-refractivity contribution in [1.82, 2.24) is 15.1 Å². The number of ether oxygens (including phenoxy) is 1. The molecule has 5 nitrogen and oxygen atoms in total. The first-order valence-corrected chi connectivity index (χ1v) is 6.72. The highest BCUT2D eigenvalue weighted by molar-refractivity contribution is 5.76. The first-order chi connectivity index (χ1) is 9.74. The number of carbonyl (C=O) groups excluding carboxylic acids is 1. The molecule has 1 aromatic heterocycles. The summed E-state index contributed by atoms with van der Waals surface area (Å²) in [5.74, 6) is -0.502. The molecule has 0 bridgehead atoms. The van der Waals surface area contributed by atoms with Gasteiger partial charge in [-0.25, -0.2) is 0 Å². The Hall–Kier alpha value is -1.57. The zero-order valence-electron chi connectivity index (χ0n) is 12.1. The highest BCUT2D eigenvalue weighted by Gasteiger charge is 2.38. The Morgan fingerprint density at radius 3 is 2.71 bits per heavy atom. The zero-order chi connectivity index (χ0) is 15.8. The minimum atomic E-state index is -4.47. The molecule has 0 spiro atoms. The molecule has 1 N–H and O–H groups in total. The van der Waals surface area contributed by atoms with Gasteiger partial charge < -0.3 is 10.1 Å². The lowest BCUT2D eigenvalue weighted by Crippen LogP contribution is -2.31. The minimum absolute atomic E-state index is 0.0919. The second-order valence-corrected chi connectivity index (χ2v) is 5.42. The van der Waals surface area contributed by atoms with Crippen LogP contribution in [0.25, 0.3) is 0 Å². The summed E-state index contributed by atoms with van der Waals surface area (Å²) in [5, 5.41) is 6.66. The summed E-state index contributed by atoms with van der Waals surface area (Å²) >= 11 is 0. The number of nitrogens with zero attached hydrogens (tertiary/aromatic N) is 2. The van der Waals surface area contributed by atoms with E-state index in [0.717, 1.165) is 6.07 Å². The van der Waals surface area contributed by atoms with Crippen molar-refractivity contribution in [2.75, 3.05) is 13.7 Å². The van der Waals surface area contributed by atoms with Crippen molar-refractivity contribution in [3.05, 3.63) is 17.5 Å². The van der Waals surface area contributed by atoms with Crippen LogP contribution in [-0.2, 0) is 15.7 Å². The standard InChI is InChI=1S/C13H18F3N3O2/c1-7(2)10-5-11(13(14,15)16)18-19(10)8-4-9(17-6-8)12(20)21-3/h5,7-9,17H,4,6H2,1-3H3. The molecule has 1 fully saturated rings. The first-order valence-electron chi connectivity index (χ1n) is 6.72. The van der Waals surface area contributed by atoms with Crippen LogP contribution in [0, 0.1) is 0 Å². The van der Waals surface area contributed by atoms with Crippen LogP contribution in [0.3, 0.4) is 0 Å². The number of nitrogens with one attached hydrogen (secondary N) is 1. The van der Waals surface area contributed by atoms with Crippen LogP contribution < -0.4 is 5.32 Å². The molecule has 0 radical (unpaired) electrons. The van der Waals surface area contributed by atoms with Crippen LogP contribution in [0.15, 0.2) is 6.07 Å². The number of esters is 1. The number of hydrogen-bond donors (Lipinski definition) is 1. The molecule has 1 aromatic rings. The van der Waals surface area contributed by atoms with E-state index in [9.17, 15) is 18.0 Å². The van der Waals surface area contributed by atoms with Crippen molar-refractivity contribution in [3.8, 4) is 0 Å². The van der Waals surface area contributed by atoms with Gasteiger partial charge in [-0.1, -0.05) is 13.8 Å². The van der Waals surface area contributed by atoms with Crippen molar-refractivity contribution >= 4 is 5.97 Å². The summed E-state index contributed by atoms with van der Waals surface area (Å²) in [6.45, 7) is 4.01. The number of alkyl halides is 3. The SMILES string of the molecule is COC(=O)C1CC(n2nc(C(F)(F)F)cc2C(C)C)CN1. The first kappa shape index (κ1) is 15.8. The van der Waals surface area contributed by atoms with E-state index in [-0.39, 0.29) is 12.0 Å². The van der Waals surface area contributed by atoms with Gasteiger partial charge in [-0.05, 0) is 18.4 Å². The van der Waals surface area contributed by atoms with Gasteiger partial charge in [-0.3, -0.25) is 9.48 Å². The van der Waals surface area contributed by atoms with E-state index in [1.54, 1.807) is 0 Å². The second-order valence-electron chi connectivity index (χ2n) is 5.42. The van der Waals surface area contributed by atoms with Crippen molar-refractivity contribution in [1.29, 1.82) is 0 Å². The minimum Gasteiger partial charge on any atom is -0.468 e. The van der Waals surface area contributed by atoms with Crippen molar-refractivity contribution < 1.29 is 22.7 Å². The molecule has 2 heterocycles. The molecule has 0 amide bonds. The molecular formula is C13H18F3N3O2. The lowest BCUT2D eigenvalue weighted by atomic mass is 10.1. The number of halogens is 3. The third kappa shape index (κ3) is 3.20. The Morgan fingerprint density at radius 1 is 1.52 bits per heavy atom. The maximum atomic E-state index is 12.8. The van der Waals surface area contributed by atoms with E-state index in [1.165, 1.54) is 11.8 Å². The number of hydrogen-bond acceptors (Lipinski definition) is 4. The van der Waals surface area contributed by atoms with Crippen LogP contribution in [0.5, 0.6) is 0 Å². The fourth-order valence-electron chi connectivity index (χ4n) is 2.50. The second kappa shape index (κ2) is 5.67. The normalized spacial score (nSPS) is 22.8. The van der Waals surface area contributed by atoms with E-state index in [2.05, 4.69) is 15.2 Å². The summed E-state index contributed by atoms with van der Waals surface area (Å²) < 4.78 is 44.5. The summed E-state index contributed by atoms with van der Waals surface area (Å²) in [5.41, 5.74) is -0.382.